The molecular formula is C12H13NO2. The zero-order valence-electron chi connectivity index (χ0n) is 8.64. The molecule has 1 aromatic carbocycles. The first-order valence-corrected chi connectivity index (χ1v) is 4.76. The Bertz CT molecular complexity index is 354. The normalized spacial score (nSPS) is 11.5. The SMILES string of the molecule is COC(=O)C[C@H](CC#N)c1ccccc1. The molecule has 0 aliphatic rings. The van der Waals surface area contributed by atoms with Gasteiger partial charge in [-0.05, 0) is 5.56 Å². The molecule has 0 amide bonds. The Labute approximate surface area is 89.3 Å². The molecule has 1 aromatic rings. The number of carbonyl (C=O) groups is 1. The van der Waals surface area contributed by atoms with Gasteiger partial charge in [0.2, 0.25) is 0 Å². The fourth-order valence-electron chi connectivity index (χ4n) is 1.43. The molecule has 0 aliphatic heterocycles. The van der Waals surface area contributed by atoms with E-state index < -0.39 is 0 Å². The van der Waals surface area contributed by atoms with Gasteiger partial charge in [-0.1, -0.05) is 30.3 Å². The first kappa shape index (κ1) is 11.3. The lowest BCUT2D eigenvalue weighted by atomic mass is 9.93. The molecule has 0 saturated carbocycles. The van der Waals surface area contributed by atoms with Crippen molar-refractivity contribution in [1.82, 2.24) is 0 Å². The number of nitrogens with zero attached hydrogens (tertiary/aromatic N) is 1. The van der Waals surface area contributed by atoms with Gasteiger partial charge in [0.15, 0.2) is 0 Å². The van der Waals surface area contributed by atoms with E-state index in [4.69, 9.17) is 5.26 Å². The molecule has 0 aromatic heterocycles. The molecule has 0 aliphatic carbocycles. The minimum atomic E-state index is -0.279. The molecule has 1 atom stereocenters. The van der Waals surface area contributed by atoms with Crippen LogP contribution in [0, 0.1) is 11.3 Å². The molecule has 78 valence electrons. The van der Waals surface area contributed by atoms with Crippen LogP contribution in [0.15, 0.2) is 30.3 Å². The molecule has 0 saturated heterocycles. The van der Waals surface area contributed by atoms with Crippen molar-refractivity contribution in [1.29, 1.82) is 5.26 Å². The van der Waals surface area contributed by atoms with E-state index in [2.05, 4.69) is 10.8 Å². The van der Waals surface area contributed by atoms with Gasteiger partial charge in [0, 0.05) is 12.3 Å². The monoisotopic (exact) mass is 203 g/mol. The number of benzene rings is 1. The molecular weight excluding hydrogens is 190 g/mol. The summed E-state index contributed by atoms with van der Waals surface area (Å²) in [6, 6.07) is 11.6. The fraction of sp³-hybridized carbons (Fsp3) is 0.333. The van der Waals surface area contributed by atoms with Gasteiger partial charge < -0.3 is 4.74 Å². The highest BCUT2D eigenvalue weighted by Crippen LogP contribution is 2.23. The van der Waals surface area contributed by atoms with Gasteiger partial charge in [-0.2, -0.15) is 5.26 Å². The van der Waals surface area contributed by atoms with Crippen molar-refractivity contribution in [3.05, 3.63) is 35.9 Å². The summed E-state index contributed by atoms with van der Waals surface area (Å²) in [7, 11) is 1.36. The van der Waals surface area contributed by atoms with Gasteiger partial charge >= 0.3 is 5.97 Å². The summed E-state index contributed by atoms with van der Waals surface area (Å²) in [6.45, 7) is 0. The van der Waals surface area contributed by atoms with Crippen molar-refractivity contribution < 1.29 is 9.53 Å². The van der Waals surface area contributed by atoms with E-state index in [1.807, 2.05) is 30.3 Å². The smallest absolute Gasteiger partial charge is 0.306 e. The minimum absolute atomic E-state index is 0.0661. The van der Waals surface area contributed by atoms with Gasteiger partial charge in [-0.3, -0.25) is 4.79 Å². The van der Waals surface area contributed by atoms with Crippen LogP contribution in [-0.4, -0.2) is 13.1 Å². The molecule has 0 heterocycles. The Morgan fingerprint density at radius 3 is 2.67 bits per heavy atom. The number of hydrogen-bond donors (Lipinski definition) is 0. The lowest BCUT2D eigenvalue weighted by molar-refractivity contribution is -0.141. The van der Waals surface area contributed by atoms with E-state index in [1.54, 1.807) is 0 Å². The van der Waals surface area contributed by atoms with Gasteiger partial charge in [-0.25, -0.2) is 0 Å². The number of carbonyl (C=O) groups excluding carboxylic acids is 1. The molecule has 0 radical (unpaired) electrons. The lowest BCUT2D eigenvalue weighted by Gasteiger charge is -2.12. The summed E-state index contributed by atoms with van der Waals surface area (Å²) >= 11 is 0. The summed E-state index contributed by atoms with van der Waals surface area (Å²) in [4.78, 5) is 11.1. The average molecular weight is 203 g/mol. The van der Waals surface area contributed by atoms with Gasteiger partial charge in [0.25, 0.3) is 0 Å². The highest BCUT2D eigenvalue weighted by molar-refractivity contribution is 5.70. The largest absolute Gasteiger partial charge is 0.469 e. The Morgan fingerprint density at radius 2 is 2.13 bits per heavy atom. The van der Waals surface area contributed by atoms with Crippen molar-refractivity contribution in [2.45, 2.75) is 18.8 Å². The molecule has 3 heteroatoms. The van der Waals surface area contributed by atoms with Crippen LogP contribution in [-0.2, 0) is 9.53 Å². The minimum Gasteiger partial charge on any atom is -0.469 e. The Balaban J connectivity index is 2.75. The molecule has 0 N–H and O–H groups in total. The standard InChI is InChI=1S/C12H13NO2/c1-15-12(14)9-11(7-8-13)10-5-3-2-4-6-10/h2-6,11H,7,9H2,1H3/t11-/m0/s1. The molecule has 0 spiro atoms. The van der Waals surface area contributed by atoms with Crippen LogP contribution in [0.4, 0.5) is 0 Å². The zero-order valence-corrected chi connectivity index (χ0v) is 8.64. The predicted octanol–water partition coefficient (Wildman–Crippen LogP) is 2.25. The van der Waals surface area contributed by atoms with E-state index >= 15 is 0 Å². The number of hydrogen-bond acceptors (Lipinski definition) is 3. The Morgan fingerprint density at radius 1 is 1.47 bits per heavy atom. The predicted molar refractivity (Wildman–Crippen MR) is 56.0 cm³/mol. The van der Waals surface area contributed by atoms with Crippen molar-refractivity contribution in [2.75, 3.05) is 7.11 Å². The summed E-state index contributed by atoms with van der Waals surface area (Å²) in [5.41, 5.74) is 1.00. The van der Waals surface area contributed by atoms with Crippen LogP contribution in [0.5, 0.6) is 0 Å². The molecule has 15 heavy (non-hydrogen) atoms. The first-order valence-electron chi connectivity index (χ1n) is 4.76. The third-order valence-corrected chi connectivity index (χ3v) is 2.25. The second-order valence-corrected chi connectivity index (χ2v) is 3.25. The maximum absolute atomic E-state index is 11.1. The summed E-state index contributed by atoms with van der Waals surface area (Å²) < 4.78 is 4.60. The van der Waals surface area contributed by atoms with E-state index in [9.17, 15) is 4.79 Å². The highest BCUT2D eigenvalue weighted by Gasteiger charge is 2.15. The maximum Gasteiger partial charge on any atom is 0.306 e. The van der Waals surface area contributed by atoms with Crippen LogP contribution in [0.25, 0.3) is 0 Å². The average Bonchev–Trinajstić information content (AvgIpc) is 2.29. The quantitative estimate of drug-likeness (QED) is 0.705. The van der Waals surface area contributed by atoms with E-state index in [1.165, 1.54) is 7.11 Å². The molecule has 0 unspecified atom stereocenters. The number of ether oxygens (including phenoxy) is 1. The van der Waals surface area contributed by atoms with Crippen molar-refractivity contribution in [2.24, 2.45) is 0 Å². The van der Waals surface area contributed by atoms with Crippen LogP contribution < -0.4 is 0 Å². The van der Waals surface area contributed by atoms with Gasteiger partial charge in [0.05, 0.1) is 19.6 Å². The van der Waals surface area contributed by atoms with Crippen LogP contribution in [0.2, 0.25) is 0 Å². The van der Waals surface area contributed by atoms with E-state index in [0.717, 1.165) is 5.56 Å². The molecule has 0 bridgehead atoms. The van der Waals surface area contributed by atoms with Crippen molar-refractivity contribution >= 4 is 5.97 Å². The number of methoxy groups -OCH3 is 1. The third-order valence-electron chi connectivity index (χ3n) is 2.25. The second kappa shape index (κ2) is 5.82. The third kappa shape index (κ3) is 3.43. The second-order valence-electron chi connectivity index (χ2n) is 3.25. The summed E-state index contributed by atoms with van der Waals surface area (Å²) in [5.74, 6) is -0.345. The molecule has 3 nitrogen and oxygen atoms in total. The zero-order chi connectivity index (χ0) is 11.1. The van der Waals surface area contributed by atoms with Crippen molar-refractivity contribution in [3.8, 4) is 6.07 Å². The molecule has 1 rings (SSSR count). The van der Waals surface area contributed by atoms with Gasteiger partial charge in [-0.15, -0.1) is 0 Å². The topological polar surface area (TPSA) is 50.1 Å². The highest BCUT2D eigenvalue weighted by atomic mass is 16.5. The van der Waals surface area contributed by atoms with Crippen LogP contribution in [0.3, 0.4) is 0 Å². The fourth-order valence-corrected chi connectivity index (χ4v) is 1.43. The maximum atomic E-state index is 11.1. The summed E-state index contributed by atoms with van der Waals surface area (Å²) in [6.07, 6.45) is 0.590. The molecule has 0 fully saturated rings. The van der Waals surface area contributed by atoms with Gasteiger partial charge in [0.1, 0.15) is 0 Å². The van der Waals surface area contributed by atoms with E-state index in [0.29, 0.717) is 6.42 Å². The Hall–Kier alpha value is -1.82. The van der Waals surface area contributed by atoms with E-state index in [-0.39, 0.29) is 18.3 Å². The Kier molecular flexibility index (Phi) is 4.36. The number of nitriles is 1. The number of rotatable bonds is 4. The number of esters is 1. The van der Waals surface area contributed by atoms with Crippen molar-refractivity contribution in [3.63, 3.8) is 0 Å². The van der Waals surface area contributed by atoms with Crippen LogP contribution in [0.1, 0.15) is 24.3 Å². The first-order chi connectivity index (χ1) is 7.27. The lowest BCUT2D eigenvalue weighted by Crippen LogP contribution is -2.08. The van der Waals surface area contributed by atoms with Crippen LogP contribution >= 0.6 is 0 Å². The summed E-state index contributed by atoms with van der Waals surface area (Å²) in [5, 5.41) is 8.68.